The lowest BCUT2D eigenvalue weighted by atomic mass is 10.0. The molecule has 1 heterocycles. The van der Waals surface area contributed by atoms with E-state index in [1.165, 1.54) is 17.0 Å². The van der Waals surface area contributed by atoms with Gasteiger partial charge in [0.05, 0.1) is 12.1 Å². The third-order valence-corrected chi connectivity index (χ3v) is 4.12. The molecule has 0 aliphatic carbocycles. The molecular formula is C17H20F2N4O. The monoisotopic (exact) mass is 334 g/mol. The zero-order valence-corrected chi connectivity index (χ0v) is 13.4. The van der Waals surface area contributed by atoms with Gasteiger partial charge in [-0.3, -0.25) is 10.3 Å². The molecule has 2 atom stereocenters. The van der Waals surface area contributed by atoms with Gasteiger partial charge in [-0.1, -0.05) is 24.3 Å². The first-order valence-corrected chi connectivity index (χ1v) is 7.86. The summed E-state index contributed by atoms with van der Waals surface area (Å²) in [5.74, 6) is 0.0600. The van der Waals surface area contributed by atoms with Crippen molar-refractivity contribution in [3.05, 3.63) is 35.4 Å². The lowest BCUT2D eigenvalue weighted by molar-refractivity contribution is 0.151. The Hall–Kier alpha value is -2.49. The molecule has 1 aliphatic heterocycles. The highest BCUT2D eigenvalue weighted by atomic mass is 19.3. The normalized spacial score (nSPS) is 18.5. The predicted molar refractivity (Wildman–Crippen MR) is 85.7 cm³/mol. The van der Waals surface area contributed by atoms with Gasteiger partial charge in [-0.15, -0.1) is 0 Å². The van der Waals surface area contributed by atoms with Crippen molar-refractivity contribution >= 4 is 11.9 Å². The molecule has 2 amide bonds. The number of carbonyl (C=O) groups excluding carboxylic acids is 1. The highest BCUT2D eigenvalue weighted by molar-refractivity contribution is 5.98. The van der Waals surface area contributed by atoms with Gasteiger partial charge in [0.1, 0.15) is 5.84 Å². The Balaban J connectivity index is 2.05. The topological polar surface area (TPSA) is 80.0 Å². The number of urea groups is 1. The molecule has 128 valence electrons. The number of hydrogen-bond donors (Lipinski definition) is 2. The summed E-state index contributed by atoms with van der Waals surface area (Å²) >= 11 is 0. The fourth-order valence-corrected chi connectivity index (χ4v) is 2.70. The summed E-state index contributed by atoms with van der Waals surface area (Å²) in [5, 5.41) is 19.4. The van der Waals surface area contributed by atoms with Gasteiger partial charge >= 0.3 is 6.03 Å². The average molecular weight is 334 g/mol. The molecule has 0 aromatic heterocycles. The summed E-state index contributed by atoms with van der Waals surface area (Å²) in [4.78, 5) is 13.7. The second-order valence-corrected chi connectivity index (χ2v) is 5.89. The van der Waals surface area contributed by atoms with Gasteiger partial charge in [0, 0.05) is 24.4 Å². The molecule has 0 saturated carbocycles. The number of carbonyl (C=O) groups is 1. The van der Waals surface area contributed by atoms with Crippen LogP contribution in [0.15, 0.2) is 24.3 Å². The average Bonchev–Trinajstić information content (AvgIpc) is 2.96. The summed E-state index contributed by atoms with van der Waals surface area (Å²) < 4.78 is 25.3. The van der Waals surface area contributed by atoms with Crippen LogP contribution < -0.4 is 5.32 Å². The van der Waals surface area contributed by atoms with E-state index in [4.69, 9.17) is 10.7 Å². The van der Waals surface area contributed by atoms with E-state index in [-0.39, 0.29) is 29.4 Å². The van der Waals surface area contributed by atoms with Gasteiger partial charge in [0.25, 0.3) is 6.43 Å². The molecule has 5 nitrogen and oxygen atoms in total. The number of amidine groups is 1. The molecule has 1 saturated heterocycles. The molecular weight excluding hydrogens is 314 g/mol. The lowest BCUT2D eigenvalue weighted by Crippen LogP contribution is -2.42. The first-order chi connectivity index (χ1) is 11.4. The number of halogens is 2. The largest absolute Gasteiger partial charge is 0.338 e. The summed E-state index contributed by atoms with van der Waals surface area (Å²) in [6.45, 7) is 2.13. The standard InChI is InChI=1S/C17H20F2N4O/c1-11(10-20)8-9-22-17(24)23-14(6-7-15(23)21)12-2-4-13(5-3-12)16(18)19/h2-5,11,14,16,21H,6-9H2,1H3,(H,22,24). The van der Waals surface area contributed by atoms with Crippen LogP contribution in [0, 0.1) is 22.7 Å². The zero-order valence-electron chi connectivity index (χ0n) is 13.4. The number of nitrogens with one attached hydrogen (secondary N) is 2. The van der Waals surface area contributed by atoms with Crippen molar-refractivity contribution in [3.63, 3.8) is 0 Å². The summed E-state index contributed by atoms with van der Waals surface area (Å²) in [5.41, 5.74) is 0.676. The minimum atomic E-state index is -2.53. The number of rotatable bonds is 5. The van der Waals surface area contributed by atoms with E-state index in [2.05, 4.69) is 11.4 Å². The Labute approximate surface area is 139 Å². The van der Waals surface area contributed by atoms with Crippen LogP contribution in [0.5, 0.6) is 0 Å². The van der Waals surface area contributed by atoms with Crippen molar-refractivity contribution < 1.29 is 13.6 Å². The Morgan fingerprint density at radius 3 is 2.71 bits per heavy atom. The van der Waals surface area contributed by atoms with Crippen molar-refractivity contribution in [1.82, 2.24) is 10.2 Å². The van der Waals surface area contributed by atoms with E-state index in [1.807, 2.05) is 0 Å². The van der Waals surface area contributed by atoms with Crippen molar-refractivity contribution in [2.45, 2.75) is 38.7 Å². The van der Waals surface area contributed by atoms with E-state index >= 15 is 0 Å². The smallest absolute Gasteiger partial charge is 0.323 e. The molecule has 7 heteroatoms. The number of benzene rings is 1. The number of alkyl halides is 2. The van der Waals surface area contributed by atoms with Crippen molar-refractivity contribution in [2.75, 3.05) is 6.54 Å². The second-order valence-electron chi connectivity index (χ2n) is 5.89. The second kappa shape index (κ2) is 7.86. The molecule has 1 aromatic carbocycles. The number of hydrogen-bond acceptors (Lipinski definition) is 3. The van der Waals surface area contributed by atoms with Crippen molar-refractivity contribution in [2.24, 2.45) is 5.92 Å². The minimum absolute atomic E-state index is 0.0617. The van der Waals surface area contributed by atoms with Gasteiger partial charge in [-0.25, -0.2) is 13.6 Å². The molecule has 0 spiro atoms. The van der Waals surface area contributed by atoms with Gasteiger partial charge in [-0.05, 0) is 25.3 Å². The van der Waals surface area contributed by atoms with Crippen LogP contribution in [0.1, 0.15) is 49.8 Å². The van der Waals surface area contributed by atoms with Crippen LogP contribution in [-0.4, -0.2) is 23.3 Å². The Morgan fingerprint density at radius 2 is 2.12 bits per heavy atom. The van der Waals surface area contributed by atoms with Crippen LogP contribution >= 0.6 is 0 Å². The van der Waals surface area contributed by atoms with Crippen LogP contribution in [-0.2, 0) is 0 Å². The molecule has 1 aromatic rings. The summed E-state index contributed by atoms with van der Waals surface area (Å²) in [6, 6.07) is 7.27. The first-order valence-electron chi connectivity index (χ1n) is 7.86. The first kappa shape index (κ1) is 17.9. The Kier molecular flexibility index (Phi) is 5.85. The van der Waals surface area contributed by atoms with E-state index < -0.39 is 6.43 Å². The predicted octanol–water partition coefficient (Wildman–Crippen LogP) is 4.00. The third kappa shape index (κ3) is 4.07. The Bertz CT molecular complexity index is 639. The van der Waals surface area contributed by atoms with Gasteiger partial charge in [0.15, 0.2) is 0 Å². The fraction of sp³-hybridized carbons (Fsp3) is 0.471. The van der Waals surface area contributed by atoms with Gasteiger partial charge in [0.2, 0.25) is 0 Å². The number of nitriles is 1. The van der Waals surface area contributed by atoms with Gasteiger partial charge < -0.3 is 5.32 Å². The molecule has 0 radical (unpaired) electrons. The Morgan fingerprint density at radius 1 is 1.46 bits per heavy atom. The fourth-order valence-electron chi connectivity index (χ4n) is 2.70. The third-order valence-electron chi connectivity index (χ3n) is 4.12. The van der Waals surface area contributed by atoms with E-state index in [0.717, 1.165) is 5.56 Å². The molecule has 1 aliphatic rings. The van der Waals surface area contributed by atoms with Crippen LogP contribution in [0.3, 0.4) is 0 Å². The van der Waals surface area contributed by atoms with E-state index in [1.54, 1.807) is 19.1 Å². The maximum Gasteiger partial charge on any atom is 0.323 e. The highest BCUT2D eigenvalue weighted by Crippen LogP contribution is 2.33. The van der Waals surface area contributed by atoms with Crippen LogP contribution in [0.4, 0.5) is 13.6 Å². The maximum atomic E-state index is 12.6. The zero-order chi connectivity index (χ0) is 17.7. The van der Waals surface area contributed by atoms with Crippen LogP contribution in [0.2, 0.25) is 0 Å². The quantitative estimate of drug-likeness (QED) is 0.853. The van der Waals surface area contributed by atoms with E-state index in [0.29, 0.717) is 25.8 Å². The van der Waals surface area contributed by atoms with E-state index in [9.17, 15) is 13.6 Å². The number of likely N-dealkylation sites (tertiary alicyclic amines) is 1. The number of nitrogens with zero attached hydrogens (tertiary/aromatic N) is 2. The molecule has 1 fully saturated rings. The van der Waals surface area contributed by atoms with Gasteiger partial charge in [-0.2, -0.15) is 5.26 Å². The highest BCUT2D eigenvalue weighted by Gasteiger charge is 2.34. The molecule has 2 rings (SSSR count). The summed E-state index contributed by atoms with van der Waals surface area (Å²) in [7, 11) is 0. The summed E-state index contributed by atoms with van der Waals surface area (Å²) in [6.07, 6.45) is -0.933. The van der Waals surface area contributed by atoms with Crippen LogP contribution in [0.25, 0.3) is 0 Å². The van der Waals surface area contributed by atoms with Crippen molar-refractivity contribution in [1.29, 1.82) is 10.7 Å². The molecule has 2 N–H and O–H groups in total. The molecule has 0 bridgehead atoms. The number of amides is 2. The van der Waals surface area contributed by atoms with Crippen molar-refractivity contribution in [3.8, 4) is 6.07 Å². The maximum absolute atomic E-state index is 12.6. The lowest BCUT2D eigenvalue weighted by Gasteiger charge is -2.25. The SMILES string of the molecule is CC(C#N)CCNC(=O)N1C(=N)CCC1c1ccc(C(F)F)cc1. The minimum Gasteiger partial charge on any atom is -0.338 e. The molecule has 2 unspecified atom stereocenters. The molecule has 24 heavy (non-hydrogen) atoms.